The summed E-state index contributed by atoms with van der Waals surface area (Å²) in [5.74, 6) is -1.09. The second-order valence-electron chi connectivity index (χ2n) is 11.6. The van der Waals surface area contributed by atoms with Crippen molar-refractivity contribution in [3.63, 3.8) is 0 Å². The van der Waals surface area contributed by atoms with Gasteiger partial charge in [0.15, 0.2) is 0 Å². The summed E-state index contributed by atoms with van der Waals surface area (Å²) < 4.78 is 10.7. The van der Waals surface area contributed by atoms with Crippen molar-refractivity contribution >= 4 is 29.1 Å². The molecule has 0 spiro atoms. The van der Waals surface area contributed by atoms with Gasteiger partial charge in [-0.15, -0.1) is 11.3 Å². The summed E-state index contributed by atoms with van der Waals surface area (Å²) in [4.78, 5) is 46.7. The van der Waals surface area contributed by atoms with Gasteiger partial charge in [0.25, 0.3) is 0 Å². The fourth-order valence-corrected chi connectivity index (χ4v) is 5.63. The standard InChI is InChI=1S/C30H45N5O6S/c1-19(21-6-8-22(9-7-21)26-20(2)32-18-42-26)33-28(38)24-16-23(36)17-35(24)29(39)27(30(3,4)5)34-25(37)10-12-40-14-15-41-13-11-31/h6-9,18-19,23-24,27,36H,10-17,31H2,1-5H3,(H,33,38)(H,34,37)/t19-,23+,24-,27?/m0/s1. The van der Waals surface area contributed by atoms with Gasteiger partial charge in [-0.05, 0) is 30.4 Å². The first-order chi connectivity index (χ1) is 19.9. The van der Waals surface area contributed by atoms with Crippen LogP contribution in [0.4, 0.5) is 0 Å². The highest BCUT2D eigenvalue weighted by Gasteiger charge is 2.44. The lowest BCUT2D eigenvalue weighted by atomic mass is 9.85. The number of aryl methyl sites for hydroxylation is 1. The lowest BCUT2D eigenvalue weighted by Gasteiger charge is -2.35. The molecule has 5 N–H and O–H groups in total. The average molecular weight is 604 g/mol. The Balaban J connectivity index is 1.61. The summed E-state index contributed by atoms with van der Waals surface area (Å²) in [6.45, 7) is 11.2. The van der Waals surface area contributed by atoms with Crippen LogP contribution in [-0.2, 0) is 23.9 Å². The van der Waals surface area contributed by atoms with Crippen molar-refractivity contribution in [2.45, 2.75) is 71.7 Å². The Morgan fingerprint density at radius 3 is 2.38 bits per heavy atom. The van der Waals surface area contributed by atoms with Gasteiger partial charge in [0, 0.05) is 25.9 Å². The van der Waals surface area contributed by atoms with E-state index in [1.165, 1.54) is 4.90 Å². The summed E-state index contributed by atoms with van der Waals surface area (Å²) in [7, 11) is 0. The molecule has 11 nitrogen and oxygen atoms in total. The number of β-amino-alcohol motifs (C(OH)–C–C–N with tert-alkyl or cyclic N) is 1. The summed E-state index contributed by atoms with van der Waals surface area (Å²) >= 11 is 1.58. The van der Waals surface area contributed by atoms with Crippen LogP contribution >= 0.6 is 11.3 Å². The van der Waals surface area contributed by atoms with Gasteiger partial charge in [0.05, 0.1) is 54.7 Å². The largest absolute Gasteiger partial charge is 0.391 e. The van der Waals surface area contributed by atoms with E-state index in [0.717, 1.165) is 21.7 Å². The molecule has 1 aliphatic heterocycles. The number of nitrogens with two attached hydrogens (primary N) is 1. The molecule has 0 radical (unpaired) electrons. The monoisotopic (exact) mass is 603 g/mol. The van der Waals surface area contributed by atoms with Crippen LogP contribution in [0.1, 0.15) is 57.8 Å². The number of aliphatic hydroxyl groups excluding tert-OH is 1. The second-order valence-corrected chi connectivity index (χ2v) is 12.5. The molecule has 4 atom stereocenters. The Bertz CT molecular complexity index is 1180. The minimum Gasteiger partial charge on any atom is -0.391 e. The highest BCUT2D eigenvalue weighted by atomic mass is 32.1. The summed E-state index contributed by atoms with van der Waals surface area (Å²) in [5.41, 5.74) is 9.50. The number of ether oxygens (including phenoxy) is 2. The highest BCUT2D eigenvalue weighted by molar-refractivity contribution is 7.13. The summed E-state index contributed by atoms with van der Waals surface area (Å²) in [5, 5.41) is 16.3. The minimum atomic E-state index is -0.890. The number of nitrogens with one attached hydrogen (secondary N) is 2. The first-order valence-corrected chi connectivity index (χ1v) is 15.2. The third kappa shape index (κ3) is 9.30. The number of nitrogens with zero attached hydrogens (tertiary/aromatic N) is 2. The first kappa shape index (κ1) is 33.6. The number of likely N-dealkylation sites (tertiary alicyclic amines) is 1. The lowest BCUT2D eigenvalue weighted by molar-refractivity contribution is -0.144. The van der Waals surface area contributed by atoms with Crippen molar-refractivity contribution in [3.8, 4) is 10.4 Å². The number of benzene rings is 1. The molecule has 0 saturated carbocycles. The van der Waals surface area contributed by atoms with E-state index in [-0.39, 0.29) is 43.8 Å². The van der Waals surface area contributed by atoms with Crippen LogP contribution < -0.4 is 16.4 Å². The molecule has 2 aromatic rings. The van der Waals surface area contributed by atoms with Gasteiger partial charge < -0.3 is 35.8 Å². The molecular formula is C30H45N5O6S. The smallest absolute Gasteiger partial charge is 0.246 e. The topological polar surface area (TPSA) is 156 Å². The summed E-state index contributed by atoms with van der Waals surface area (Å²) in [6, 6.07) is 5.88. The molecule has 2 heterocycles. The van der Waals surface area contributed by atoms with E-state index in [0.29, 0.717) is 26.4 Å². The number of amides is 3. The number of aromatic nitrogens is 1. The fourth-order valence-electron chi connectivity index (χ4n) is 4.82. The van der Waals surface area contributed by atoms with Gasteiger partial charge in [-0.2, -0.15) is 0 Å². The van der Waals surface area contributed by atoms with Crippen molar-refractivity contribution in [3.05, 3.63) is 41.0 Å². The number of aliphatic hydroxyl groups is 1. The van der Waals surface area contributed by atoms with Crippen LogP contribution in [0.5, 0.6) is 0 Å². The maximum Gasteiger partial charge on any atom is 0.246 e. The lowest BCUT2D eigenvalue weighted by Crippen LogP contribution is -2.58. The zero-order valence-electron chi connectivity index (χ0n) is 25.2. The SMILES string of the molecule is Cc1ncsc1-c1ccc([C@H](C)NC(=O)[C@@H]2C[C@@H](O)CN2C(=O)C(NC(=O)CCOCCOCCN)C(C)(C)C)cc1. The van der Waals surface area contributed by atoms with Crippen LogP contribution in [-0.4, -0.2) is 90.4 Å². The Labute approximate surface area is 252 Å². The third-order valence-electron chi connectivity index (χ3n) is 7.17. The van der Waals surface area contributed by atoms with Gasteiger partial charge in [0.2, 0.25) is 17.7 Å². The number of carbonyl (C=O) groups is 3. The second kappa shape index (κ2) is 15.5. The molecule has 3 amide bonds. The van der Waals surface area contributed by atoms with Crippen LogP contribution in [0.15, 0.2) is 29.8 Å². The van der Waals surface area contributed by atoms with Crippen molar-refractivity contribution in [2.24, 2.45) is 11.1 Å². The van der Waals surface area contributed by atoms with Crippen molar-refractivity contribution in [1.29, 1.82) is 0 Å². The first-order valence-electron chi connectivity index (χ1n) is 14.4. The van der Waals surface area contributed by atoms with Crippen LogP contribution in [0.3, 0.4) is 0 Å². The zero-order chi connectivity index (χ0) is 30.9. The van der Waals surface area contributed by atoms with Crippen LogP contribution in [0, 0.1) is 12.3 Å². The molecule has 1 unspecified atom stereocenters. The molecule has 1 saturated heterocycles. The van der Waals surface area contributed by atoms with Gasteiger partial charge in [-0.3, -0.25) is 14.4 Å². The molecule has 1 aromatic carbocycles. The third-order valence-corrected chi connectivity index (χ3v) is 8.15. The quantitative estimate of drug-likeness (QED) is 0.240. The Morgan fingerprint density at radius 2 is 1.79 bits per heavy atom. The number of hydrogen-bond acceptors (Lipinski definition) is 9. The van der Waals surface area contributed by atoms with Crippen molar-refractivity contribution in [2.75, 3.05) is 39.5 Å². The molecular weight excluding hydrogens is 558 g/mol. The zero-order valence-corrected chi connectivity index (χ0v) is 26.0. The van der Waals surface area contributed by atoms with E-state index in [1.807, 2.05) is 64.4 Å². The van der Waals surface area contributed by atoms with E-state index in [1.54, 1.807) is 11.3 Å². The van der Waals surface area contributed by atoms with Crippen LogP contribution in [0.25, 0.3) is 10.4 Å². The number of carbonyl (C=O) groups excluding carboxylic acids is 3. The Kier molecular flexibility index (Phi) is 12.4. The normalized spacial score (nSPS) is 18.5. The maximum atomic E-state index is 13.8. The Morgan fingerprint density at radius 1 is 1.12 bits per heavy atom. The number of hydrogen-bond donors (Lipinski definition) is 4. The molecule has 1 aromatic heterocycles. The number of rotatable bonds is 14. The maximum absolute atomic E-state index is 13.8. The predicted molar refractivity (Wildman–Crippen MR) is 162 cm³/mol. The van der Waals surface area contributed by atoms with Gasteiger partial charge in [-0.1, -0.05) is 45.0 Å². The summed E-state index contributed by atoms with van der Waals surface area (Å²) in [6.07, 6.45) is -0.644. The van der Waals surface area contributed by atoms with Crippen molar-refractivity contribution in [1.82, 2.24) is 20.5 Å². The molecule has 1 fully saturated rings. The van der Waals surface area contributed by atoms with Gasteiger partial charge in [0.1, 0.15) is 12.1 Å². The van der Waals surface area contributed by atoms with Crippen LogP contribution in [0.2, 0.25) is 0 Å². The highest BCUT2D eigenvalue weighted by Crippen LogP contribution is 2.29. The van der Waals surface area contributed by atoms with E-state index < -0.39 is 29.5 Å². The molecule has 12 heteroatoms. The Hall–Kier alpha value is -2.90. The average Bonchev–Trinajstić information content (AvgIpc) is 3.55. The van der Waals surface area contributed by atoms with Crippen molar-refractivity contribution < 1.29 is 29.0 Å². The van der Waals surface area contributed by atoms with E-state index in [4.69, 9.17) is 15.2 Å². The molecule has 232 valence electrons. The van der Waals surface area contributed by atoms with E-state index in [2.05, 4.69) is 15.6 Å². The molecule has 3 rings (SSSR count). The van der Waals surface area contributed by atoms with E-state index in [9.17, 15) is 19.5 Å². The molecule has 42 heavy (non-hydrogen) atoms. The van der Waals surface area contributed by atoms with Gasteiger partial charge in [-0.25, -0.2) is 4.98 Å². The molecule has 0 aliphatic carbocycles. The molecule has 1 aliphatic rings. The fraction of sp³-hybridized carbons (Fsp3) is 0.600. The van der Waals surface area contributed by atoms with Gasteiger partial charge >= 0.3 is 0 Å². The molecule has 0 bridgehead atoms. The van der Waals surface area contributed by atoms with E-state index >= 15 is 0 Å². The minimum absolute atomic E-state index is 0.0164. The number of thiazole rings is 1. The predicted octanol–water partition coefficient (Wildman–Crippen LogP) is 2.17.